The fourth-order valence-corrected chi connectivity index (χ4v) is 2.12. The molecule has 0 unspecified atom stereocenters. The first-order chi connectivity index (χ1) is 9.28. The van der Waals surface area contributed by atoms with Crippen LogP contribution >= 0.6 is 11.8 Å². The molecule has 2 aromatic rings. The van der Waals surface area contributed by atoms with Crippen molar-refractivity contribution < 1.29 is 9.53 Å². The summed E-state index contributed by atoms with van der Waals surface area (Å²) < 4.78 is 5.48. The van der Waals surface area contributed by atoms with E-state index in [2.05, 4.69) is 0 Å². The van der Waals surface area contributed by atoms with E-state index in [1.807, 2.05) is 60.9 Å². The summed E-state index contributed by atoms with van der Waals surface area (Å²) in [5.74, 6) is 0.819. The van der Waals surface area contributed by atoms with Crippen LogP contribution < -0.4 is 4.74 Å². The number of ketones is 1. The second kappa shape index (κ2) is 7.00. The average Bonchev–Trinajstić information content (AvgIpc) is 2.47. The molecule has 2 nitrogen and oxygen atoms in total. The summed E-state index contributed by atoms with van der Waals surface area (Å²) in [6.07, 6.45) is 2.45. The van der Waals surface area contributed by atoms with Crippen molar-refractivity contribution in [2.75, 3.05) is 12.9 Å². The maximum atomic E-state index is 11.8. The van der Waals surface area contributed by atoms with Crippen LogP contribution in [-0.4, -0.2) is 18.6 Å². The van der Waals surface area contributed by atoms with Crippen molar-refractivity contribution >= 4 is 17.5 Å². The summed E-state index contributed by atoms with van der Waals surface area (Å²) in [4.78, 5) is 13.0. The number of benzene rings is 2. The van der Waals surface area contributed by atoms with Gasteiger partial charge in [0.15, 0.2) is 5.78 Å². The van der Waals surface area contributed by atoms with Crippen molar-refractivity contribution in [3.63, 3.8) is 0 Å². The SMILES string of the molecule is CSc1ccc(OCC(=O)Cc2ccccc2)cc1. The third kappa shape index (κ3) is 4.45. The summed E-state index contributed by atoms with van der Waals surface area (Å²) in [5.41, 5.74) is 1.02. The average molecular weight is 272 g/mol. The van der Waals surface area contributed by atoms with Gasteiger partial charge >= 0.3 is 0 Å². The van der Waals surface area contributed by atoms with Crippen LogP contribution in [0, 0.1) is 0 Å². The number of carbonyl (C=O) groups is 1. The van der Waals surface area contributed by atoms with Crippen LogP contribution in [0.2, 0.25) is 0 Å². The maximum absolute atomic E-state index is 11.8. The molecule has 2 aromatic carbocycles. The van der Waals surface area contributed by atoms with Crippen LogP contribution in [0.1, 0.15) is 5.56 Å². The Morgan fingerprint density at radius 3 is 2.37 bits per heavy atom. The molecule has 19 heavy (non-hydrogen) atoms. The van der Waals surface area contributed by atoms with E-state index in [-0.39, 0.29) is 12.4 Å². The van der Waals surface area contributed by atoms with Crippen molar-refractivity contribution in [2.45, 2.75) is 11.3 Å². The smallest absolute Gasteiger partial charge is 0.174 e. The number of hydrogen-bond donors (Lipinski definition) is 0. The Morgan fingerprint density at radius 1 is 1.05 bits per heavy atom. The lowest BCUT2D eigenvalue weighted by molar-refractivity contribution is -0.120. The van der Waals surface area contributed by atoms with Gasteiger partial charge in [-0.3, -0.25) is 4.79 Å². The molecule has 0 radical (unpaired) electrons. The fraction of sp³-hybridized carbons (Fsp3) is 0.188. The normalized spacial score (nSPS) is 10.2. The summed E-state index contributed by atoms with van der Waals surface area (Å²) in [6, 6.07) is 17.5. The topological polar surface area (TPSA) is 26.3 Å². The third-order valence-corrected chi connectivity index (χ3v) is 3.45. The first-order valence-electron chi connectivity index (χ1n) is 6.10. The van der Waals surface area contributed by atoms with Gasteiger partial charge in [-0.2, -0.15) is 0 Å². The third-order valence-electron chi connectivity index (χ3n) is 2.70. The van der Waals surface area contributed by atoms with Gasteiger partial charge in [0.1, 0.15) is 12.4 Å². The van der Waals surface area contributed by atoms with Gasteiger partial charge in [0.2, 0.25) is 0 Å². The van der Waals surface area contributed by atoms with E-state index in [1.54, 1.807) is 11.8 Å². The predicted octanol–water partition coefficient (Wildman–Crippen LogP) is 3.60. The molecule has 98 valence electrons. The lowest BCUT2D eigenvalue weighted by atomic mass is 10.1. The molecule has 0 fully saturated rings. The van der Waals surface area contributed by atoms with Gasteiger partial charge in [-0.1, -0.05) is 30.3 Å². The van der Waals surface area contributed by atoms with Crippen LogP contribution in [0.3, 0.4) is 0 Å². The van der Waals surface area contributed by atoms with Gasteiger partial charge in [0.05, 0.1) is 0 Å². The van der Waals surface area contributed by atoms with Gasteiger partial charge in [-0.25, -0.2) is 0 Å². The largest absolute Gasteiger partial charge is 0.486 e. The molecule has 0 spiro atoms. The predicted molar refractivity (Wildman–Crippen MR) is 78.9 cm³/mol. The molecule has 3 heteroatoms. The Morgan fingerprint density at radius 2 is 1.74 bits per heavy atom. The number of Topliss-reactive ketones (excluding diaryl/α,β-unsaturated/α-hetero) is 1. The molecule has 0 N–H and O–H groups in total. The number of ether oxygens (including phenoxy) is 1. The molecule has 0 aliphatic carbocycles. The second-order valence-corrected chi connectivity index (χ2v) is 5.04. The molecular weight excluding hydrogens is 256 g/mol. The molecule has 0 saturated heterocycles. The fourth-order valence-electron chi connectivity index (χ4n) is 1.71. The van der Waals surface area contributed by atoms with E-state index < -0.39 is 0 Å². The van der Waals surface area contributed by atoms with Crippen molar-refractivity contribution in [3.8, 4) is 5.75 Å². The first-order valence-corrected chi connectivity index (χ1v) is 7.33. The van der Waals surface area contributed by atoms with Gasteiger partial charge in [0.25, 0.3) is 0 Å². The lowest BCUT2D eigenvalue weighted by Gasteiger charge is -2.06. The second-order valence-electron chi connectivity index (χ2n) is 4.17. The molecular formula is C16H16O2S. The standard InChI is InChI=1S/C16H16O2S/c1-19-16-9-7-15(8-10-16)18-12-14(17)11-13-5-3-2-4-6-13/h2-10H,11-12H2,1H3. The van der Waals surface area contributed by atoms with Crippen LogP contribution in [0.15, 0.2) is 59.5 Å². The van der Waals surface area contributed by atoms with Gasteiger partial charge in [-0.05, 0) is 36.1 Å². The van der Waals surface area contributed by atoms with Gasteiger partial charge in [0, 0.05) is 11.3 Å². The molecule has 0 aromatic heterocycles. The molecule has 0 heterocycles. The molecule has 0 bridgehead atoms. The van der Waals surface area contributed by atoms with Crippen molar-refractivity contribution in [2.24, 2.45) is 0 Å². The van der Waals surface area contributed by atoms with Crippen LogP contribution in [0.5, 0.6) is 5.75 Å². The van der Waals surface area contributed by atoms with Crippen LogP contribution in [0.4, 0.5) is 0 Å². The van der Waals surface area contributed by atoms with E-state index in [4.69, 9.17) is 4.74 Å². The Labute approximate surface area is 117 Å². The zero-order chi connectivity index (χ0) is 13.5. The number of carbonyl (C=O) groups excluding carboxylic acids is 1. The summed E-state index contributed by atoms with van der Waals surface area (Å²) in [5, 5.41) is 0. The maximum Gasteiger partial charge on any atom is 0.174 e. The Kier molecular flexibility index (Phi) is 5.04. The highest BCUT2D eigenvalue weighted by atomic mass is 32.2. The zero-order valence-electron chi connectivity index (χ0n) is 10.8. The van der Waals surface area contributed by atoms with Gasteiger partial charge in [-0.15, -0.1) is 11.8 Å². The quantitative estimate of drug-likeness (QED) is 0.752. The van der Waals surface area contributed by atoms with E-state index in [0.29, 0.717) is 6.42 Å². The zero-order valence-corrected chi connectivity index (χ0v) is 11.7. The molecule has 0 saturated carbocycles. The van der Waals surface area contributed by atoms with Crippen LogP contribution in [-0.2, 0) is 11.2 Å². The number of hydrogen-bond acceptors (Lipinski definition) is 3. The molecule has 0 aliphatic heterocycles. The summed E-state index contributed by atoms with van der Waals surface area (Å²) in [7, 11) is 0. The van der Waals surface area contributed by atoms with E-state index >= 15 is 0 Å². The first kappa shape index (κ1) is 13.7. The minimum absolute atomic E-state index is 0.0835. The number of rotatable bonds is 6. The van der Waals surface area contributed by atoms with Crippen molar-refractivity contribution in [1.29, 1.82) is 0 Å². The summed E-state index contributed by atoms with van der Waals surface area (Å²) in [6.45, 7) is 0.119. The Bertz CT molecular complexity index is 520. The lowest BCUT2D eigenvalue weighted by Crippen LogP contribution is -2.13. The molecule has 0 aliphatic rings. The monoisotopic (exact) mass is 272 g/mol. The highest BCUT2D eigenvalue weighted by Gasteiger charge is 2.04. The molecule has 0 amide bonds. The molecule has 0 atom stereocenters. The Hall–Kier alpha value is -1.74. The number of thioether (sulfide) groups is 1. The Balaban J connectivity index is 1.83. The van der Waals surface area contributed by atoms with Crippen LogP contribution in [0.25, 0.3) is 0 Å². The highest BCUT2D eigenvalue weighted by molar-refractivity contribution is 7.98. The van der Waals surface area contributed by atoms with Gasteiger partial charge < -0.3 is 4.74 Å². The minimum atomic E-state index is 0.0835. The van der Waals surface area contributed by atoms with E-state index in [9.17, 15) is 4.79 Å². The van der Waals surface area contributed by atoms with E-state index in [1.165, 1.54) is 4.90 Å². The van der Waals surface area contributed by atoms with Crippen molar-refractivity contribution in [3.05, 3.63) is 60.2 Å². The highest BCUT2D eigenvalue weighted by Crippen LogP contribution is 2.18. The minimum Gasteiger partial charge on any atom is -0.486 e. The van der Waals surface area contributed by atoms with E-state index in [0.717, 1.165) is 11.3 Å². The van der Waals surface area contributed by atoms with Crippen molar-refractivity contribution in [1.82, 2.24) is 0 Å². The summed E-state index contributed by atoms with van der Waals surface area (Å²) >= 11 is 1.68. The molecule has 2 rings (SSSR count).